The number of hydrogen-bond donors (Lipinski definition) is 1. The Labute approximate surface area is 181 Å². The van der Waals surface area contributed by atoms with E-state index >= 15 is 0 Å². The van der Waals surface area contributed by atoms with Gasteiger partial charge in [0.25, 0.3) is 5.56 Å². The lowest BCUT2D eigenvalue weighted by molar-refractivity contribution is -0.137. The number of halogens is 5. The van der Waals surface area contributed by atoms with Crippen molar-refractivity contribution in [2.45, 2.75) is 31.3 Å². The molecule has 2 aromatic carbocycles. The molecule has 2 aromatic heterocycles. The van der Waals surface area contributed by atoms with Crippen molar-refractivity contribution in [2.24, 2.45) is 0 Å². The van der Waals surface area contributed by atoms with Crippen molar-refractivity contribution in [2.75, 3.05) is 0 Å². The fourth-order valence-electron chi connectivity index (χ4n) is 3.44. The van der Waals surface area contributed by atoms with Crippen LogP contribution >= 0.6 is 0 Å². The second-order valence-electron chi connectivity index (χ2n) is 7.35. The monoisotopic (exact) mass is 466 g/mol. The first-order chi connectivity index (χ1) is 15.6. The topological polar surface area (TPSA) is 98.7 Å². The van der Waals surface area contributed by atoms with Gasteiger partial charge in [-0.2, -0.15) is 18.3 Å². The Morgan fingerprint density at radius 3 is 2.52 bits per heavy atom. The molecule has 0 fully saturated rings. The first-order valence-electron chi connectivity index (χ1n) is 9.52. The Morgan fingerprint density at radius 2 is 1.85 bits per heavy atom. The van der Waals surface area contributed by atoms with E-state index < -0.39 is 34.5 Å². The predicted octanol–water partition coefficient (Wildman–Crippen LogP) is 2.66. The predicted molar refractivity (Wildman–Crippen MR) is 104 cm³/mol. The van der Waals surface area contributed by atoms with E-state index in [-0.39, 0.29) is 36.0 Å². The van der Waals surface area contributed by atoms with E-state index in [0.717, 1.165) is 28.9 Å². The number of hydrogen-bond acceptors (Lipinski definition) is 6. The maximum Gasteiger partial charge on any atom is 0.416 e. The van der Waals surface area contributed by atoms with Crippen LogP contribution in [0, 0.1) is 11.6 Å². The van der Waals surface area contributed by atoms with Crippen LogP contribution < -0.4 is 5.56 Å². The molecule has 2 heterocycles. The Balaban J connectivity index is 1.70. The fraction of sp³-hybridized carbons (Fsp3) is 0.250. The zero-order valence-electron chi connectivity index (χ0n) is 16.7. The van der Waals surface area contributed by atoms with Gasteiger partial charge in [-0.05, 0) is 24.3 Å². The zero-order chi connectivity index (χ0) is 23.8. The van der Waals surface area contributed by atoms with Crippen LogP contribution in [0.3, 0.4) is 0 Å². The van der Waals surface area contributed by atoms with Crippen molar-refractivity contribution < 1.29 is 27.1 Å². The smallest absolute Gasteiger partial charge is 0.383 e. The molecule has 0 aliphatic rings. The summed E-state index contributed by atoms with van der Waals surface area (Å²) < 4.78 is 69.0. The summed E-state index contributed by atoms with van der Waals surface area (Å²) in [5.41, 5.74) is -4.18. The molecular formula is C20H15F5N6O2. The number of rotatable bonds is 6. The molecule has 0 saturated heterocycles. The number of nitrogens with zero attached hydrogens (tertiary/aromatic N) is 6. The average molecular weight is 466 g/mol. The second-order valence-corrected chi connectivity index (χ2v) is 7.35. The van der Waals surface area contributed by atoms with Gasteiger partial charge >= 0.3 is 6.18 Å². The normalized spacial score (nSPS) is 13.9. The third-order valence-corrected chi connectivity index (χ3v) is 5.11. The summed E-state index contributed by atoms with van der Waals surface area (Å²) in [5, 5.41) is 22.3. The Bertz CT molecular complexity index is 1360. The van der Waals surface area contributed by atoms with Gasteiger partial charge in [0.15, 0.2) is 0 Å². The highest BCUT2D eigenvalue weighted by Crippen LogP contribution is 2.31. The van der Waals surface area contributed by atoms with Crippen molar-refractivity contribution in [1.29, 1.82) is 0 Å². The van der Waals surface area contributed by atoms with Gasteiger partial charge in [0, 0.05) is 24.6 Å². The molecule has 8 nitrogen and oxygen atoms in total. The average Bonchev–Trinajstić information content (AvgIpc) is 3.25. The summed E-state index contributed by atoms with van der Waals surface area (Å²) in [6.07, 6.45) is -2.52. The Kier molecular flexibility index (Phi) is 5.66. The molecule has 0 bridgehead atoms. The number of aliphatic hydroxyl groups is 1. The van der Waals surface area contributed by atoms with Gasteiger partial charge in [-0.25, -0.2) is 23.1 Å². The number of alkyl halides is 3. The van der Waals surface area contributed by atoms with Gasteiger partial charge in [0.2, 0.25) is 0 Å². The van der Waals surface area contributed by atoms with E-state index in [2.05, 4.69) is 20.4 Å². The van der Waals surface area contributed by atoms with Crippen molar-refractivity contribution >= 4 is 10.9 Å². The van der Waals surface area contributed by atoms with E-state index in [1.54, 1.807) is 0 Å². The van der Waals surface area contributed by atoms with Crippen LogP contribution in [0.2, 0.25) is 0 Å². The zero-order valence-corrected chi connectivity index (χ0v) is 16.7. The molecule has 0 saturated carbocycles. The number of fused-ring (bicyclic) bond motifs is 1. The van der Waals surface area contributed by atoms with E-state index in [1.165, 1.54) is 17.3 Å². The maximum atomic E-state index is 14.5. The molecule has 1 atom stereocenters. The lowest BCUT2D eigenvalue weighted by Gasteiger charge is -2.29. The van der Waals surface area contributed by atoms with E-state index in [0.29, 0.717) is 12.1 Å². The quantitative estimate of drug-likeness (QED) is 0.439. The standard InChI is InChI=1S/C20H15F5N6O2/c21-13-2-3-15(16(22)8-13)19(33,9-30-11-26-10-27-30)5-6-31-18(32)14-7-12(20(23,24)25)1-4-17(14)28-29-31/h1-4,7-8,10-11,33H,5-6,9H2. The number of aromatic nitrogens is 6. The second kappa shape index (κ2) is 8.31. The lowest BCUT2D eigenvalue weighted by atomic mass is 9.89. The van der Waals surface area contributed by atoms with Gasteiger partial charge < -0.3 is 5.11 Å². The van der Waals surface area contributed by atoms with E-state index in [1.807, 2.05) is 0 Å². The molecule has 1 unspecified atom stereocenters. The first kappa shape index (κ1) is 22.5. The maximum absolute atomic E-state index is 14.5. The van der Waals surface area contributed by atoms with Gasteiger partial charge in [-0.1, -0.05) is 11.3 Å². The third kappa shape index (κ3) is 4.58. The largest absolute Gasteiger partial charge is 0.416 e. The summed E-state index contributed by atoms with van der Waals surface area (Å²) in [6.45, 7) is -0.635. The van der Waals surface area contributed by atoms with Crippen LogP contribution in [0.4, 0.5) is 22.0 Å². The van der Waals surface area contributed by atoms with E-state index in [4.69, 9.17) is 0 Å². The number of benzene rings is 2. The van der Waals surface area contributed by atoms with E-state index in [9.17, 15) is 31.9 Å². The highest BCUT2D eigenvalue weighted by molar-refractivity contribution is 5.77. The van der Waals surface area contributed by atoms with Gasteiger partial charge in [-0.15, -0.1) is 5.10 Å². The summed E-state index contributed by atoms with van der Waals surface area (Å²) in [6, 6.07) is 5.12. The van der Waals surface area contributed by atoms with Crippen LogP contribution in [-0.2, 0) is 24.9 Å². The van der Waals surface area contributed by atoms with Crippen molar-refractivity contribution in [3.63, 3.8) is 0 Å². The molecule has 0 aliphatic heterocycles. The first-order valence-corrected chi connectivity index (χ1v) is 9.52. The minimum absolute atomic E-state index is 0.0355. The lowest BCUT2D eigenvalue weighted by Crippen LogP contribution is -2.36. The Hall–Kier alpha value is -3.74. The molecule has 33 heavy (non-hydrogen) atoms. The molecule has 1 N–H and O–H groups in total. The molecule has 0 aliphatic carbocycles. The van der Waals surface area contributed by atoms with Crippen LogP contribution in [0.15, 0.2) is 53.8 Å². The van der Waals surface area contributed by atoms with Gasteiger partial charge in [0.1, 0.15) is 35.4 Å². The Morgan fingerprint density at radius 1 is 1.06 bits per heavy atom. The summed E-state index contributed by atoms with van der Waals surface area (Å²) >= 11 is 0. The molecule has 0 radical (unpaired) electrons. The molecule has 172 valence electrons. The van der Waals surface area contributed by atoms with Crippen LogP contribution in [0.25, 0.3) is 10.9 Å². The van der Waals surface area contributed by atoms with Crippen LogP contribution in [-0.4, -0.2) is 34.9 Å². The van der Waals surface area contributed by atoms with Crippen molar-refractivity contribution in [3.8, 4) is 0 Å². The molecule has 4 rings (SSSR count). The minimum atomic E-state index is -4.66. The summed E-state index contributed by atoms with van der Waals surface area (Å²) in [4.78, 5) is 16.5. The molecule has 4 aromatic rings. The third-order valence-electron chi connectivity index (χ3n) is 5.11. The molecular weight excluding hydrogens is 451 g/mol. The summed E-state index contributed by atoms with van der Waals surface area (Å²) in [7, 11) is 0. The van der Waals surface area contributed by atoms with Crippen molar-refractivity contribution in [1.82, 2.24) is 29.8 Å². The SMILES string of the molecule is O=c1c2cc(C(F)(F)F)ccc2nnn1CCC(O)(Cn1cncn1)c1ccc(F)cc1F. The van der Waals surface area contributed by atoms with Crippen molar-refractivity contribution in [3.05, 3.63) is 82.2 Å². The van der Waals surface area contributed by atoms with Gasteiger partial charge in [-0.3, -0.25) is 4.79 Å². The highest BCUT2D eigenvalue weighted by atomic mass is 19.4. The van der Waals surface area contributed by atoms with Gasteiger partial charge in [0.05, 0.1) is 17.5 Å². The number of aryl methyl sites for hydroxylation is 1. The van der Waals surface area contributed by atoms with Crippen LogP contribution in [0.1, 0.15) is 17.5 Å². The highest BCUT2D eigenvalue weighted by Gasteiger charge is 2.34. The van der Waals surface area contributed by atoms with Crippen LogP contribution in [0.5, 0.6) is 0 Å². The fourth-order valence-corrected chi connectivity index (χ4v) is 3.44. The summed E-state index contributed by atoms with van der Waals surface area (Å²) in [5.74, 6) is -1.87. The minimum Gasteiger partial charge on any atom is -0.383 e. The molecule has 13 heteroatoms. The molecule has 0 amide bonds. The molecule has 0 spiro atoms.